The Morgan fingerprint density at radius 2 is 2.19 bits per heavy atom. The number of nitrogens with zero attached hydrogens (tertiary/aromatic N) is 4. The number of carbonyl (C=O) groups excluding carboxylic acids is 2. The lowest BCUT2D eigenvalue weighted by Crippen LogP contribution is -2.43. The van der Waals surface area contributed by atoms with Crippen molar-refractivity contribution in [1.82, 2.24) is 19.2 Å². The van der Waals surface area contributed by atoms with E-state index >= 15 is 0 Å². The summed E-state index contributed by atoms with van der Waals surface area (Å²) in [4.78, 5) is 34.3. The largest absolute Gasteiger partial charge is 0.345 e. The van der Waals surface area contributed by atoms with Gasteiger partial charge in [-0.25, -0.2) is 9.37 Å². The van der Waals surface area contributed by atoms with Crippen LogP contribution in [0.1, 0.15) is 30.9 Å². The van der Waals surface area contributed by atoms with E-state index in [-0.39, 0.29) is 29.5 Å². The molecule has 9 heteroatoms. The molecule has 7 nitrogen and oxygen atoms in total. The molecule has 0 saturated carbocycles. The van der Waals surface area contributed by atoms with E-state index in [1.807, 2.05) is 20.9 Å². The Kier molecular flexibility index (Phi) is 5.13. The molecule has 2 aliphatic heterocycles. The zero-order valence-corrected chi connectivity index (χ0v) is 18.1. The van der Waals surface area contributed by atoms with E-state index in [2.05, 4.69) is 5.32 Å². The average molecular weight is 442 g/mol. The monoisotopic (exact) mass is 441 g/mol. The summed E-state index contributed by atoms with van der Waals surface area (Å²) in [5.41, 5.74) is 1.60. The number of nitrogens with one attached hydrogen (secondary N) is 1. The third-order valence-corrected chi connectivity index (χ3v) is 7.06. The Morgan fingerprint density at radius 1 is 1.32 bits per heavy atom. The number of likely N-dealkylation sites (tertiary alicyclic amines) is 2. The van der Waals surface area contributed by atoms with Crippen LogP contribution in [0, 0.1) is 11.7 Å². The summed E-state index contributed by atoms with van der Waals surface area (Å²) in [5, 5.41) is 5.22. The maximum atomic E-state index is 13.6. The molecule has 2 fully saturated rings. The van der Waals surface area contributed by atoms with Crippen LogP contribution in [0.5, 0.6) is 0 Å². The number of hydrogen-bond acceptors (Lipinski definition) is 5. The van der Waals surface area contributed by atoms with Crippen molar-refractivity contribution in [2.45, 2.75) is 25.2 Å². The molecular weight excluding hydrogens is 417 g/mol. The highest BCUT2D eigenvalue weighted by molar-refractivity contribution is 7.15. The molecule has 1 N–H and O–H groups in total. The van der Waals surface area contributed by atoms with Crippen LogP contribution >= 0.6 is 11.3 Å². The van der Waals surface area contributed by atoms with Gasteiger partial charge in [0.1, 0.15) is 10.6 Å². The highest BCUT2D eigenvalue weighted by Gasteiger charge is 2.37. The van der Waals surface area contributed by atoms with Crippen LogP contribution in [0.4, 0.5) is 16.0 Å². The molecule has 31 heavy (non-hydrogen) atoms. The number of anilines is 2. The minimum absolute atomic E-state index is 0.0365. The normalized spacial score (nSPS) is 21.8. The first-order chi connectivity index (χ1) is 15.0. The van der Waals surface area contributed by atoms with E-state index in [1.54, 1.807) is 35.4 Å². The number of aromatic nitrogens is 2. The third kappa shape index (κ3) is 3.78. The number of benzene rings is 1. The second kappa shape index (κ2) is 7.96. The molecule has 2 atom stereocenters. The fourth-order valence-electron chi connectivity index (χ4n) is 4.58. The molecule has 2 aromatic heterocycles. The number of thiazole rings is 1. The van der Waals surface area contributed by atoms with Crippen LogP contribution in [-0.4, -0.2) is 57.7 Å². The number of carbonyl (C=O) groups is 2. The molecule has 162 valence electrons. The Morgan fingerprint density at radius 3 is 2.97 bits per heavy atom. The van der Waals surface area contributed by atoms with Gasteiger partial charge in [0.15, 0.2) is 0 Å². The number of halogens is 1. The summed E-state index contributed by atoms with van der Waals surface area (Å²) in [6.07, 6.45) is 4.11. The van der Waals surface area contributed by atoms with Crippen LogP contribution in [0.2, 0.25) is 0 Å². The average Bonchev–Trinajstić information content (AvgIpc) is 3.45. The molecule has 2 unspecified atom stereocenters. The van der Waals surface area contributed by atoms with Crippen LogP contribution < -0.4 is 5.32 Å². The molecule has 0 radical (unpaired) electrons. The zero-order valence-electron chi connectivity index (χ0n) is 17.3. The van der Waals surface area contributed by atoms with Crippen molar-refractivity contribution in [1.29, 1.82) is 0 Å². The summed E-state index contributed by atoms with van der Waals surface area (Å²) in [6, 6.07) is 6.31. The van der Waals surface area contributed by atoms with Crippen LogP contribution in [0.15, 0.2) is 35.8 Å². The van der Waals surface area contributed by atoms with Gasteiger partial charge in [0.2, 0.25) is 17.8 Å². The molecule has 2 amide bonds. The second-order valence-corrected chi connectivity index (χ2v) is 9.23. The fourth-order valence-corrected chi connectivity index (χ4v) is 5.49. The molecular formula is C22H24FN5O2S. The number of piperidine rings is 1. The van der Waals surface area contributed by atoms with Crippen molar-refractivity contribution in [2.24, 2.45) is 5.92 Å². The molecule has 0 aliphatic carbocycles. The number of imidazole rings is 1. The number of amides is 2. The number of fused-ring (bicyclic) bond motifs is 1. The molecule has 0 bridgehead atoms. The van der Waals surface area contributed by atoms with Crippen molar-refractivity contribution in [3.8, 4) is 0 Å². The van der Waals surface area contributed by atoms with Gasteiger partial charge >= 0.3 is 0 Å². The minimum atomic E-state index is -0.305. The molecule has 0 spiro atoms. The minimum Gasteiger partial charge on any atom is -0.345 e. The van der Waals surface area contributed by atoms with E-state index in [4.69, 9.17) is 4.98 Å². The Labute approximate surface area is 183 Å². The smallest absolute Gasteiger partial charge is 0.228 e. The third-order valence-electron chi connectivity index (χ3n) is 6.17. The summed E-state index contributed by atoms with van der Waals surface area (Å²) in [7, 11) is 1.75. The van der Waals surface area contributed by atoms with Gasteiger partial charge in [-0.1, -0.05) is 6.07 Å². The van der Waals surface area contributed by atoms with Gasteiger partial charge in [-0.15, -0.1) is 11.3 Å². The van der Waals surface area contributed by atoms with Crippen LogP contribution in [0.25, 0.3) is 4.83 Å². The van der Waals surface area contributed by atoms with Gasteiger partial charge in [0, 0.05) is 56.3 Å². The first-order valence-electron chi connectivity index (χ1n) is 10.5. The van der Waals surface area contributed by atoms with Crippen molar-refractivity contribution in [2.75, 3.05) is 32.0 Å². The van der Waals surface area contributed by atoms with E-state index in [0.717, 1.165) is 29.9 Å². The zero-order chi connectivity index (χ0) is 21.5. The lowest BCUT2D eigenvalue weighted by molar-refractivity contribution is -0.137. The van der Waals surface area contributed by atoms with Gasteiger partial charge in [0.05, 0.1) is 11.6 Å². The van der Waals surface area contributed by atoms with E-state index in [9.17, 15) is 14.0 Å². The first-order valence-corrected chi connectivity index (χ1v) is 11.4. The molecule has 5 rings (SSSR count). The highest BCUT2D eigenvalue weighted by atomic mass is 32.1. The van der Waals surface area contributed by atoms with Crippen molar-refractivity contribution >= 4 is 39.6 Å². The topological polar surface area (TPSA) is 70.0 Å². The predicted molar refractivity (Wildman–Crippen MR) is 117 cm³/mol. The maximum absolute atomic E-state index is 13.6. The molecule has 1 aromatic carbocycles. The Hall–Kier alpha value is -2.94. The van der Waals surface area contributed by atoms with Gasteiger partial charge in [-0.3, -0.25) is 14.0 Å². The second-order valence-electron chi connectivity index (χ2n) is 8.33. The Bertz CT molecular complexity index is 1140. The fraction of sp³-hybridized carbons (Fsp3) is 0.409. The first kappa shape index (κ1) is 20.0. The van der Waals surface area contributed by atoms with Gasteiger partial charge in [0.25, 0.3) is 0 Å². The predicted octanol–water partition coefficient (Wildman–Crippen LogP) is 3.46. The Balaban J connectivity index is 1.37. The van der Waals surface area contributed by atoms with E-state index in [0.29, 0.717) is 31.1 Å². The molecule has 2 aliphatic rings. The summed E-state index contributed by atoms with van der Waals surface area (Å²) in [5.74, 6) is 0.329. The van der Waals surface area contributed by atoms with Crippen LogP contribution in [0.3, 0.4) is 0 Å². The summed E-state index contributed by atoms with van der Waals surface area (Å²) in [6.45, 7) is 1.83. The molecule has 3 aromatic rings. The van der Waals surface area contributed by atoms with Gasteiger partial charge < -0.3 is 15.1 Å². The van der Waals surface area contributed by atoms with E-state index in [1.165, 1.54) is 12.1 Å². The van der Waals surface area contributed by atoms with Gasteiger partial charge in [-0.05, 0) is 31.0 Å². The molecule has 2 saturated heterocycles. The van der Waals surface area contributed by atoms with Crippen molar-refractivity contribution < 1.29 is 14.0 Å². The number of rotatable bonds is 4. The van der Waals surface area contributed by atoms with E-state index < -0.39 is 0 Å². The lowest BCUT2D eigenvalue weighted by Gasteiger charge is -2.33. The lowest BCUT2D eigenvalue weighted by atomic mass is 9.94. The van der Waals surface area contributed by atoms with Crippen LogP contribution in [-0.2, 0) is 9.59 Å². The summed E-state index contributed by atoms with van der Waals surface area (Å²) < 4.78 is 15.6. The molecule has 4 heterocycles. The van der Waals surface area contributed by atoms with Crippen molar-refractivity contribution in [3.05, 3.63) is 47.4 Å². The quantitative estimate of drug-likeness (QED) is 0.673. The standard InChI is InChI=1S/C22H24FN5O2S/c1-26-12-15(10-18(26)29)20(30)27-7-3-4-14(13-27)19-21-28(8-9-31-21)22(25-19)24-17-6-2-5-16(23)11-17/h2,5-6,8-9,11,14-15H,3-4,7,10,12-13H2,1H3,(H,24,25). The SMILES string of the molecule is CN1CC(C(=O)N2CCCC(c3nc(Nc4cccc(F)c4)n4ccsc34)C2)CC1=O. The van der Waals surface area contributed by atoms with Gasteiger partial charge in [-0.2, -0.15) is 0 Å². The maximum Gasteiger partial charge on any atom is 0.228 e. The number of hydrogen-bond donors (Lipinski definition) is 1. The highest BCUT2D eigenvalue weighted by Crippen LogP contribution is 2.35. The van der Waals surface area contributed by atoms with Crippen molar-refractivity contribution in [3.63, 3.8) is 0 Å². The summed E-state index contributed by atoms with van der Waals surface area (Å²) >= 11 is 1.61.